The zero-order chi connectivity index (χ0) is 9.19. The third-order valence-electron chi connectivity index (χ3n) is 2.08. The smallest absolute Gasteiger partial charge is 0.262 e. The molecule has 0 saturated carbocycles. The molecule has 0 spiro atoms. The molecule has 12 heavy (non-hydrogen) atoms. The second-order valence-corrected chi connectivity index (χ2v) is 3.09. The van der Waals surface area contributed by atoms with Crippen LogP contribution in [-0.2, 0) is 0 Å². The third-order valence-corrected chi connectivity index (χ3v) is 2.08. The highest BCUT2D eigenvalue weighted by molar-refractivity contribution is 4.89. The van der Waals surface area contributed by atoms with Gasteiger partial charge in [0.1, 0.15) is 0 Å². The highest BCUT2D eigenvalue weighted by Gasteiger charge is 2.44. The first-order valence-electron chi connectivity index (χ1n) is 3.92. The lowest BCUT2D eigenvalue weighted by molar-refractivity contribution is 0.0107. The van der Waals surface area contributed by atoms with Gasteiger partial charge < -0.3 is 10.2 Å². The molecule has 1 unspecified atom stereocenters. The summed E-state index contributed by atoms with van der Waals surface area (Å²) in [6, 6.07) is -0.493. The first kappa shape index (κ1) is 9.83. The van der Waals surface area contributed by atoms with Crippen LogP contribution in [0.15, 0.2) is 0 Å². The van der Waals surface area contributed by atoms with Gasteiger partial charge in [-0.2, -0.15) is 0 Å². The van der Waals surface area contributed by atoms with Gasteiger partial charge in [-0.05, 0) is 0 Å². The van der Waals surface area contributed by atoms with Gasteiger partial charge in [0.2, 0.25) is 0 Å². The lowest BCUT2D eigenvalue weighted by Gasteiger charge is -2.19. The van der Waals surface area contributed by atoms with Gasteiger partial charge in [0.25, 0.3) is 5.92 Å². The van der Waals surface area contributed by atoms with Crippen LogP contribution in [0.5, 0.6) is 0 Å². The van der Waals surface area contributed by atoms with Crippen molar-refractivity contribution >= 4 is 0 Å². The molecule has 0 amide bonds. The molecule has 1 rings (SSSR count). The van der Waals surface area contributed by atoms with Crippen molar-refractivity contribution in [2.24, 2.45) is 0 Å². The Kier molecular flexibility index (Phi) is 2.98. The standard InChI is InChI=1S/C7H13F2NO2/c8-7(9)3-6(4-12)10(5-7)1-2-11/h6,11-12H,1-5H2. The zero-order valence-corrected chi connectivity index (χ0v) is 6.71. The Hall–Kier alpha value is -0.260. The predicted octanol–water partition coefficient (Wildman–Crippen LogP) is -0.319. The number of halogens is 2. The van der Waals surface area contributed by atoms with Crippen LogP contribution >= 0.6 is 0 Å². The van der Waals surface area contributed by atoms with E-state index in [2.05, 4.69) is 0 Å². The maximum absolute atomic E-state index is 12.7. The molecule has 1 atom stereocenters. The maximum Gasteiger partial charge on any atom is 0.262 e. The summed E-state index contributed by atoms with van der Waals surface area (Å²) < 4.78 is 25.4. The molecule has 1 aliphatic rings. The van der Waals surface area contributed by atoms with Crippen molar-refractivity contribution in [3.8, 4) is 0 Å². The van der Waals surface area contributed by atoms with Gasteiger partial charge in [-0.15, -0.1) is 0 Å². The second kappa shape index (κ2) is 3.64. The van der Waals surface area contributed by atoms with Crippen molar-refractivity contribution in [2.45, 2.75) is 18.4 Å². The molecule has 1 heterocycles. The summed E-state index contributed by atoms with van der Waals surface area (Å²) in [5.41, 5.74) is 0. The molecule has 1 fully saturated rings. The predicted molar refractivity (Wildman–Crippen MR) is 39.1 cm³/mol. The quantitative estimate of drug-likeness (QED) is 0.627. The fourth-order valence-electron chi connectivity index (χ4n) is 1.53. The van der Waals surface area contributed by atoms with Gasteiger partial charge in [0.15, 0.2) is 0 Å². The number of rotatable bonds is 3. The van der Waals surface area contributed by atoms with E-state index in [9.17, 15) is 8.78 Å². The van der Waals surface area contributed by atoms with E-state index in [0.717, 1.165) is 0 Å². The van der Waals surface area contributed by atoms with Crippen molar-refractivity contribution in [2.75, 3.05) is 26.3 Å². The lowest BCUT2D eigenvalue weighted by atomic mass is 10.2. The van der Waals surface area contributed by atoms with E-state index in [1.165, 1.54) is 4.90 Å². The summed E-state index contributed by atoms with van der Waals surface area (Å²) in [4.78, 5) is 1.42. The summed E-state index contributed by atoms with van der Waals surface area (Å²) in [7, 11) is 0. The van der Waals surface area contributed by atoms with E-state index in [1.54, 1.807) is 0 Å². The van der Waals surface area contributed by atoms with E-state index in [1.807, 2.05) is 0 Å². The van der Waals surface area contributed by atoms with E-state index in [-0.39, 0.29) is 32.7 Å². The lowest BCUT2D eigenvalue weighted by Crippen LogP contribution is -2.35. The number of hydrogen-bond donors (Lipinski definition) is 2. The second-order valence-electron chi connectivity index (χ2n) is 3.09. The molecule has 1 saturated heterocycles. The molecule has 0 aliphatic carbocycles. The fraction of sp³-hybridized carbons (Fsp3) is 1.00. The maximum atomic E-state index is 12.7. The van der Waals surface area contributed by atoms with E-state index >= 15 is 0 Å². The van der Waals surface area contributed by atoms with Crippen molar-refractivity contribution in [3.63, 3.8) is 0 Å². The van der Waals surface area contributed by atoms with Crippen LogP contribution in [0.4, 0.5) is 8.78 Å². The van der Waals surface area contributed by atoms with Gasteiger partial charge in [-0.3, -0.25) is 4.90 Å². The summed E-state index contributed by atoms with van der Waals surface area (Å²) in [5.74, 6) is -2.71. The van der Waals surface area contributed by atoms with E-state index < -0.39 is 12.0 Å². The Morgan fingerprint density at radius 3 is 2.58 bits per heavy atom. The molecule has 0 aromatic heterocycles. The molecule has 0 radical (unpaired) electrons. The number of aliphatic hydroxyl groups excluding tert-OH is 2. The molecule has 2 N–H and O–H groups in total. The molecule has 0 aromatic carbocycles. The average molecular weight is 181 g/mol. The number of alkyl halides is 2. The summed E-state index contributed by atoms with van der Waals surface area (Å²) >= 11 is 0. The molecule has 5 heteroatoms. The average Bonchev–Trinajstić information content (AvgIpc) is 2.26. The monoisotopic (exact) mass is 181 g/mol. The SMILES string of the molecule is OCCN1CC(F)(F)CC1CO. The number of hydrogen-bond acceptors (Lipinski definition) is 3. The van der Waals surface area contributed by atoms with E-state index in [0.29, 0.717) is 0 Å². The van der Waals surface area contributed by atoms with Crippen LogP contribution < -0.4 is 0 Å². The highest BCUT2D eigenvalue weighted by Crippen LogP contribution is 2.31. The minimum absolute atomic E-state index is 0.146. The van der Waals surface area contributed by atoms with Crippen LogP contribution in [0.1, 0.15) is 6.42 Å². The van der Waals surface area contributed by atoms with Crippen LogP contribution in [0.2, 0.25) is 0 Å². The summed E-state index contributed by atoms with van der Waals surface area (Å²) in [6.45, 7) is -0.554. The fourth-order valence-corrected chi connectivity index (χ4v) is 1.53. The Morgan fingerprint density at radius 2 is 2.08 bits per heavy atom. The van der Waals surface area contributed by atoms with Gasteiger partial charge in [-0.1, -0.05) is 0 Å². The van der Waals surface area contributed by atoms with Gasteiger partial charge in [-0.25, -0.2) is 8.78 Å². The Bertz CT molecular complexity index is 154. The van der Waals surface area contributed by atoms with Gasteiger partial charge in [0.05, 0.1) is 19.8 Å². The van der Waals surface area contributed by atoms with Crippen LogP contribution in [0.25, 0.3) is 0 Å². The highest BCUT2D eigenvalue weighted by atomic mass is 19.3. The molecule has 3 nitrogen and oxygen atoms in total. The number of nitrogens with zero attached hydrogens (tertiary/aromatic N) is 1. The topological polar surface area (TPSA) is 43.7 Å². The number of β-amino-alcohol motifs (C(OH)–C–C–N with tert-alkyl or cyclic N) is 1. The number of likely N-dealkylation sites (tertiary alicyclic amines) is 1. The summed E-state index contributed by atoms with van der Waals surface area (Å²) in [6.07, 6.45) is -0.302. The van der Waals surface area contributed by atoms with Crippen molar-refractivity contribution in [1.29, 1.82) is 0 Å². The van der Waals surface area contributed by atoms with Gasteiger partial charge >= 0.3 is 0 Å². The number of aliphatic hydroxyl groups is 2. The minimum Gasteiger partial charge on any atom is -0.395 e. The molecule has 0 bridgehead atoms. The van der Waals surface area contributed by atoms with Crippen LogP contribution in [0.3, 0.4) is 0 Å². The first-order chi connectivity index (χ1) is 5.59. The van der Waals surface area contributed by atoms with E-state index in [4.69, 9.17) is 10.2 Å². The Labute approximate surface area is 69.6 Å². The van der Waals surface area contributed by atoms with Crippen molar-refractivity contribution in [3.05, 3.63) is 0 Å². The van der Waals surface area contributed by atoms with Gasteiger partial charge in [0, 0.05) is 19.0 Å². The largest absolute Gasteiger partial charge is 0.395 e. The third kappa shape index (κ3) is 2.12. The summed E-state index contributed by atoms with van der Waals surface area (Å²) in [5, 5.41) is 17.3. The van der Waals surface area contributed by atoms with Crippen molar-refractivity contribution in [1.82, 2.24) is 4.90 Å². The van der Waals surface area contributed by atoms with Crippen LogP contribution in [-0.4, -0.2) is 53.4 Å². The Balaban J connectivity index is 2.50. The molecule has 72 valence electrons. The molecular formula is C7H13F2NO2. The molecular weight excluding hydrogens is 168 g/mol. The molecule has 0 aromatic rings. The zero-order valence-electron chi connectivity index (χ0n) is 6.71. The first-order valence-corrected chi connectivity index (χ1v) is 3.92. The Morgan fingerprint density at radius 1 is 1.42 bits per heavy atom. The minimum atomic E-state index is -2.71. The van der Waals surface area contributed by atoms with Crippen molar-refractivity contribution < 1.29 is 19.0 Å². The van der Waals surface area contributed by atoms with Crippen LogP contribution in [0, 0.1) is 0 Å². The molecule has 1 aliphatic heterocycles. The normalized spacial score (nSPS) is 29.5.